The molecule has 1 atom stereocenters. The van der Waals surface area contributed by atoms with Gasteiger partial charge in [-0.25, -0.2) is 4.39 Å². The van der Waals surface area contributed by atoms with Gasteiger partial charge in [0.15, 0.2) is 0 Å². The van der Waals surface area contributed by atoms with Crippen molar-refractivity contribution in [3.8, 4) is 0 Å². The molecule has 0 saturated heterocycles. The number of carboxylic acids is 1. The summed E-state index contributed by atoms with van der Waals surface area (Å²) in [7, 11) is 0. The second-order valence-corrected chi connectivity index (χ2v) is 3.35. The van der Waals surface area contributed by atoms with Crippen LogP contribution in [0.4, 0.5) is 4.39 Å². The van der Waals surface area contributed by atoms with E-state index in [1.807, 2.05) is 6.07 Å². The van der Waals surface area contributed by atoms with E-state index in [-0.39, 0.29) is 24.6 Å². The Hall–Kier alpha value is -1.13. The van der Waals surface area contributed by atoms with Crippen molar-refractivity contribution < 1.29 is 14.3 Å². The van der Waals surface area contributed by atoms with Crippen LogP contribution in [0.15, 0.2) is 18.2 Å². The molecule has 1 heterocycles. The highest BCUT2D eigenvalue weighted by Gasteiger charge is 2.25. The summed E-state index contributed by atoms with van der Waals surface area (Å²) in [5, 5.41) is 11.6. The Labute approximate surface area is 92.7 Å². The topological polar surface area (TPSA) is 49.3 Å². The van der Waals surface area contributed by atoms with Gasteiger partial charge in [-0.3, -0.25) is 4.79 Å². The molecule has 0 radical (unpaired) electrons. The van der Waals surface area contributed by atoms with Crippen molar-refractivity contribution in [2.75, 3.05) is 0 Å². The third kappa shape index (κ3) is 2.27. The molecule has 82 valence electrons. The van der Waals surface area contributed by atoms with E-state index in [1.165, 1.54) is 6.07 Å². The normalized spacial score (nSPS) is 18.9. The fourth-order valence-corrected chi connectivity index (χ4v) is 1.68. The van der Waals surface area contributed by atoms with E-state index in [4.69, 9.17) is 5.11 Å². The zero-order valence-electron chi connectivity index (χ0n) is 7.87. The van der Waals surface area contributed by atoms with Crippen molar-refractivity contribution in [2.45, 2.75) is 19.0 Å². The Balaban J connectivity index is 0.00000112. The van der Waals surface area contributed by atoms with Crippen molar-refractivity contribution in [1.82, 2.24) is 5.32 Å². The van der Waals surface area contributed by atoms with Crippen LogP contribution in [0.25, 0.3) is 0 Å². The number of fused-ring (bicyclic) bond motifs is 1. The molecule has 0 amide bonds. The van der Waals surface area contributed by atoms with Crippen LogP contribution in [-0.2, 0) is 17.8 Å². The summed E-state index contributed by atoms with van der Waals surface area (Å²) in [6, 6.07) is 4.14. The van der Waals surface area contributed by atoms with Gasteiger partial charge in [-0.2, -0.15) is 0 Å². The largest absolute Gasteiger partial charge is 0.480 e. The predicted octanol–water partition coefficient (Wildman–Crippen LogP) is 1.35. The summed E-state index contributed by atoms with van der Waals surface area (Å²) in [6.07, 6.45) is 0.220. The molecule has 0 saturated carbocycles. The number of carbonyl (C=O) groups is 1. The van der Waals surface area contributed by atoms with Crippen LogP contribution in [0.5, 0.6) is 0 Å². The molecule has 15 heavy (non-hydrogen) atoms. The summed E-state index contributed by atoms with van der Waals surface area (Å²) in [6.45, 7) is 0.421. The van der Waals surface area contributed by atoms with Gasteiger partial charge in [-0.15, -0.1) is 12.4 Å². The fourth-order valence-electron chi connectivity index (χ4n) is 1.68. The smallest absolute Gasteiger partial charge is 0.321 e. The third-order valence-electron chi connectivity index (χ3n) is 2.46. The molecule has 0 aliphatic carbocycles. The minimum Gasteiger partial charge on any atom is -0.480 e. The second kappa shape index (κ2) is 4.59. The summed E-state index contributed by atoms with van der Waals surface area (Å²) in [5.41, 5.74) is 1.38. The van der Waals surface area contributed by atoms with Gasteiger partial charge >= 0.3 is 5.97 Å². The highest BCUT2D eigenvalue weighted by Crippen LogP contribution is 2.19. The van der Waals surface area contributed by atoms with Gasteiger partial charge in [0, 0.05) is 13.0 Å². The van der Waals surface area contributed by atoms with E-state index in [0.717, 1.165) is 5.56 Å². The summed E-state index contributed by atoms with van der Waals surface area (Å²) in [5.74, 6) is -1.24. The first-order chi connectivity index (χ1) is 6.68. The standard InChI is InChI=1S/C10H10FNO2.ClH/c11-8-3-1-2-6-5-12-9(10(13)14)4-7(6)8;/h1-3,9,12H,4-5H2,(H,13,14);1H/t9-;/m0./s1. The van der Waals surface area contributed by atoms with Crippen LogP contribution in [0.1, 0.15) is 11.1 Å². The van der Waals surface area contributed by atoms with E-state index < -0.39 is 12.0 Å². The maximum absolute atomic E-state index is 13.3. The maximum Gasteiger partial charge on any atom is 0.321 e. The Kier molecular flexibility index (Phi) is 3.66. The Morgan fingerprint density at radius 3 is 2.93 bits per heavy atom. The third-order valence-corrected chi connectivity index (χ3v) is 2.46. The maximum atomic E-state index is 13.3. The first-order valence-corrected chi connectivity index (χ1v) is 4.41. The molecule has 0 spiro atoms. The van der Waals surface area contributed by atoms with Crippen molar-refractivity contribution in [3.63, 3.8) is 0 Å². The molecule has 3 nitrogen and oxygen atoms in total. The van der Waals surface area contributed by atoms with Crippen LogP contribution >= 0.6 is 12.4 Å². The highest BCUT2D eigenvalue weighted by molar-refractivity contribution is 5.85. The van der Waals surface area contributed by atoms with Crippen molar-refractivity contribution >= 4 is 18.4 Å². The van der Waals surface area contributed by atoms with Crippen molar-refractivity contribution in [2.24, 2.45) is 0 Å². The lowest BCUT2D eigenvalue weighted by Gasteiger charge is -2.23. The summed E-state index contributed by atoms with van der Waals surface area (Å²) < 4.78 is 13.3. The molecule has 0 bridgehead atoms. The van der Waals surface area contributed by atoms with Gasteiger partial charge in [0.05, 0.1) is 0 Å². The van der Waals surface area contributed by atoms with E-state index in [0.29, 0.717) is 12.1 Å². The van der Waals surface area contributed by atoms with Gasteiger partial charge in [0.2, 0.25) is 0 Å². The zero-order chi connectivity index (χ0) is 10.1. The molecular weight excluding hydrogens is 221 g/mol. The molecule has 2 N–H and O–H groups in total. The number of halogens is 2. The number of hydrogen-bond donors (Lipinski definition) is 2. The van der Waals surface area contributed by atoms with Crippen molar-refractivity contribution in [1.29, 1.82) is 0 Å². The minimum atomic E-state index is -0.932. The van der Waals surface area contributed by atoms with E-state index in [9.17, 15) is 9.18 Å². The number of rotatable bonds is 1. The molecule has 2 rings (SSSR count). The summed E-state index contributed by atoms with van der Waals surface area (Å²) in [4.78, 5) is 10.7. The van der Waals surface area contributed by atoms with Crippen LogP contribution in [0.2, 0.25) is 0 Å². The Morgan fingerprint density at radius 2 is 2.27 bits per heavy atom. The van der Waals surface area contributed by atoms with E-state index >= 15 is 0 Å². The van der Waals surface area contributed by atoms with Crippen LogP contribution in [0, 0.1) is 5.82 Å². The monoisotopic (exact) mass is 231 g/mol. The summed E-state index contributed by atoms with van der Waals surface area (Å²) >= 11 is 0. The fraction of sp³-hybridized carbons (Fsp3) is 0.300. The Bertz CT molecular complexity index is 384. The van der Waals surface area contributed by atoms with Gasteiger partial charge in [0.1, 0.15) is 11.9 Å². The molecule has 0 unspecified atom stereocenters. The molecule has 1 aliphatic heterocycles. The number of benzene rings is 1. The molecule has 1 aliphatic rings. The minimum absolute atomic E-state index is 0. The van der Waals surface area contributed by atoms with Crippen molar-refractivity contribution in [3.05, 3.63) is 35.1 Å². The lowest BCUT2D eigenvalue weighted by Crippen LogP contribution is -2.41. The average Bonchev–Trinajstić information content (AvgIpc) is 2.18. The van der Waals surface area contributed by atoms with E-state index in [1.54, 1.807) is 6.07 Å². The van der Waals surface area contributed by atoms with Crippen LogP contribution < -0.4 is 5.32 Å². The molecular formula is C10H11ClFNO2. The Morgan fingerprint density at radius 1 is 1.53 bits per heavy atom. The lowest BCUT2D eigenvalue weighted by atomic mass is 9.95. The first kappa shape index (κ1) is 11.9. The quantitative estimate of drug-likeness (QED) is 0.767. The lowest BCUT2D eigenvalue weighted by molar-refractivity contribution is -0.139. The number of nitrogens with one attached hydrogen (secondary N) is 1. The van der Waals surface area contributed by atoms with Gasteiger partial charge in [-0.05, 0) is 17.2 Å². The predicted molar refractivity (Wildman–Crippen MR) is 55.6 cm³/mol. The number of aliphatic carboxylic acids is 1. The first-order valence-electron chi connectivity index (χ1n) is 4.41. The molecule has 0 fully saturated rings. The zero-order valence-corrected chi connectivity index (χ0v) is 8.68. The number of carboxylic acid groups (broad SMARTS) is 1. The van der Waals surface area contributed by atoms with Crippen LogP contribution in [-0.4, -0.2) is 17.1 Å². The van der Waals surface area contributed by atoms with Gasteiger partial charge < -0.3 is 10.4 Å². The molecule has 1 aromatic carbocycles. The highest BCUT2D eigenvalue weighted by atomic mass is 35.5. The van der Waals surface area contributed by atoms with Gasteiger partial charge in [-0.1, -0.05) is 12.1 Å². The second-order valence-electron chi connectivity index (χ2n) is 3.35. The van der Waals surface area contributed by atoms with E-state index in [2.05, 4.69) is 5.32 Å². The number of hydrogen-bond acceptors (Lipinski definition) is 2. The molecule has 0 aromatic heterocycles. The molecule has 5 heteroatoms. The average molecular weight is 232 g/mol. The van der Waals surface area contributed by atoms with Crippen LogP contribution in [0.3, 0.4) is 0 Å². The SMILES string of the molecule is Cl.O=C(O)[C@@H]1Cc2c(F)cccc2CN1. The molecule has 1 aromatic rings. The van der Waals surface area contributed by atoms with Gasteiger partial charge in [0.25, 0.3) is 0 Å².